The lowest BCUT2D eigenvalue weighted by atomic mass is 10.0. The van der Waals surface area contributed by atoms with Gasteiger partial charge in [0.15, 0.2) is 11.5 Å². The molecule has 45 heavy (non-hydrogen) atoms. The van der Waals surface area contributed by atoms with Crippen LogP contribution in [-0.4, -0.2) is 59.4 Å². The molecule has 0 saturated heterocycles. The number of carbonyl (C=O) groups is 1. The molecule has 0 fully saturated rings. The second-order valence-electron chi connectivity index (χ2n) is 10.4. The van der Waals surface area contributed by atoms with Gasteiger partial charge in [-0.05, 0) is 59.6 Å². The fourth-order valence-corrected chi connectivity index (χ4v) is 5.56. The first kappa shape index (κ1) is 32.9. The number of nitrogens with zero attached hydrogens (tertiary/aromatic N) is 3. The van der Waals surface area contributed by atoms with Crippen molar-refractivity contribution in [3.05, 3.63) is 86.5 Å². The Hall–Kier alpha value is -5.00. The average molecular weight is 647 g/mol. The van der Waals surface area contributed by atoms with Crippen molar-refractivity contribution in [1.82, 2.24) is 9.79 Å². The Kier molecular flexibility index (Phi) is 10.1. The van der Waals surface area contributed by atoms with E-state index in [0.717, 1.165) is 18.2 Å². The highest BCUT2D eigenvalue weighted by molar-refractivity contribution is 7.89. The maximum absolute atomic E-state index is 13.4. The number of nitro benzene ring substituents is 2. The van der Waals surface area contributed by atoms with Crippen LogP contribution in [0, 0.1) is 26.1 Å². The molecule has 0 saturated carbocycles. The van der Waals surface area contributed by atoms with Gasteiger partial charge in [0.2, 0.25) is 12.5 Å². The number of aliphatic hydroxyl groups is 1. The van der Waals surface area contributed by atoms with E-state index in [2.05, 4.69) is 5.32 Å². The Bertz CT molecular complexity index is 1680. The van der Waals surface area contributed by atoms with Gasteiger partial charge >= 0.3 is 11.8 Å². The van der Waals surface area contributed by atoms with Crippen LogP contribution in [-0.2, 0) is 21.3 Å². The number of aliphatic hydroxyl groups excluding tert-OH is 1. The van der Waals surface area contributed by atoms with Crippen molar-refractivity contribution in [2.45, 2.75) is 44.2 Å². The number of hydrogen-bond donors (Lipinski definition) is 2. The summed E-state index contributed by atoms with van der Waals surface area (Å²) in [4.78, 5) is 38.8. The Morgan fingerprint density at radius 1 is 1.00 bits per heavy atom. The number of fused-ring (bicyclic) bond motifs is 1. The van der Waals surface area contributed by atoms with Crippen LogP contribution >= 0.6 is 0 Å². The number of nitro groups is 2. The molecule has 0 bridgehead atoms. The summed E-state index contributed by atoms with van der Waals surface area (Å²) in [6.07, 6.45) is -2.11. The molecule has 17 heteroatoms. The van der Waals surface area contributed by atoms with E-state index in [-0.39, 0.29) is 47.8 Å². The molecule has 240 valence electrons. The Labute approximate surface area is 257 Å². The second kappa shape index (κ2) is 13.7. The highest BCUT2D eigenvalue weighted by Crippen LogP contribution is 2.36. The van der Waals surface area contributed by atoms with E-state index in [4.69, 9.17) is 19.0 Å². The first-order chi connectivity index (χ1) is 21.2. The smallest absolute Gasteiger partial charge is 0.427 e. The van der Waals surface area contributed by atoms with Crippen molar-refractivity contribution >= 4 is 27.5 Å². The van der Waals surface area contributed by atoms with Crippen molar-refractivity contribution in [2.75, 3.05) is 13.3 Å². The van der Waals surface area contributed by atoms with E-state index in [1.807, 2.05) is 0 Å². The van der Waals surface area contributed by atoms with Crippen LogP contribution in [0.3, 0.4) is 0 Å². The molecule has 4 rings (SSSR count). The third-order valence-corrected chi connectivity index (χ3v) is 8.06. The molecule has 0 aliphatic carbocycles. The molecule has 0 radical (unpaired) electrons. The first-order valence-corrected chi connectivity index (χ1v) is 15.0. The number of hydroxylamine groups is 1. The molecular weight excluding hydrogens is 616 g/mol. The summed E-state index contributed by atoms with van der Waals surface area (Å²) < 4.78 is 43.4. The van der Waals surface area contributed by atoms with Crippen molar-refractivity contribution in [3.8, 4) is 23.0 Å². The normalized spacial score (nSPS) is 13.7. The lowest BCUT2D eigenvalue weighted by Gasteiger charge is -2.25. The molecule has 0 spiro atoms. The maximum atomic E-state index is 13.4. The van der Waals surface area contributed by atoms with Crippen molar-refractivity contribution in [2.24, 2.45) is 5.92 Å². The number of sulfonamides is 1. The molecule has 2 unspecified atom stereocenters. The summed E-state index contributed by atoms with van der Waals surface area (Å²) in [6.45, 7) is 4.72. The van der Waals surface area contributed by atoms with Gasteiger partial charge in [0.05, 0.1) is 39.5 Å². The predicted octanol–water partition coefficient (Wildman–Crippen LogP) is 4.30. The average Bonchev–Trinajstić information content (AvgIpc) is 3.45. The summed E-state index contributed by atoms with van der Waals surface area (Å²) in [5.41, 5.74) is -0.437. The van der Waals surface area contributed by atoms with Crippen molar-refractivity contribution in [3.63, 3.8) is 0 Å². The van der Waals surface area contributed by atoms with Gasteiger partial charge < -0.3 is 29.5 Å². The minimum Gasteiger partial charge on any atom is -0.454 e. The molecule has 1 aliphatic heterocycles. The van der Waals surface area contributed by atoms with Crippen molar-refractivity contribution < 1.29 is 47.2 Å². The highest BCUT2D eigenvalue weighted by Gasteiger charge is 2.32. The van der Waals surface area contributed by atoms with E-state index < -0.39 is 49.5 Å². The number of nitrogens with one attached hydrogen (secondary N) is 1. The number of amides is 1. The number of rotatable bonds is 13. The largest absolute Gasteiger partial charge is 0.454 e. The zero-order valence-corrected chi connectivity index (χ0v) is 25.1. The van der Waals surface area contributed by atoms with E-state index in [1.54, 1.807) is 26.0 Å². The van der Waals surface area contributed by atoms with E-state index in [1.165, 1.54) is 37.3 Å². The summed E-state index contributed by atoms with van der Waals surface area (Å²) in [6, 6.07) is 12.3. The Morgan fingerprint density at radius 2 is 1.69 bits per heavy atom. The van der Waals surface area contributed by atoms with Gasteiger partial charge in [0, 0.05) is 12.1 Å². The van der Waals surface area contributed by atoms with Crippen LogP contribution in [0.25, 0.3) is 0 Å². The minimum atomic E-state index is -4.31. The van der Waals surface area contributed by atoms with Crippen molar-refractivity contribution in [1.29, 1.82) is 0 Å². The van der Waals surface area contributed by atoms with Crippen LogP contribution < -0.4 is 19.5 Å². The highest BCUT2D eigenvalue weighted by atomic mass is 32.2. The third kappa shape index (κ3) is 8.14. The zero-order valence-electron chi connectivity index (χ0n) is 24.3. The number of ether oxygens (including phenoxy) is 3. The molecule has 0 aromatic heterocycles. The Morgan fingerprint density at radius 3 is 2.31 bits per heavy atom. The fraction of sp³-hybridized carbons (Fsp3) is 0.321. The maximum Gasteiger partial charge on any atom is 0.427 e. The molecule has 2 atom stereocenters. The van der Waals surface area contributed by atoms with Gasteiger partial charge in [0.25, 0.3) is 15.7 Å². The van der Waals surface area contributed by atoms with E-state index >= 15 is 0 Å². The lowest BCUT2D eigenvalue weighted by Crippen LogP contribution is -2.47. The molecule has 1 aliphatic rings. The molecule has 16 nitrogen and oxygen atoms in total. The monoisotopic (exact) mass is 646 g/mol. The van der Waals surface area contributed by atoms with Crippen LogP contribution in [0.5, 0.6) is 23.0 Å². The topological polar surface area (TPSA) is 210 Å². The van der Waals surface area contributed by atoms with Gasteiger partial charge in [-0.25, -0.2) is 13.2 Å². The van der Waals surface area contributed by atoms with Gasteiger partial charge in [-0.3, -0.25) is 20.2 Å². The second-order valence-corrected chi connectivity index (χ2v) is 12.2. The van der Waals surface area contributed by atoms with Crippen LogP contribution in [0.4, 0.5) is 16.2 Å². The number of hydrogen-bond acceptors (Lipinski definition) is 12. The van der Waals surface area contributed by atoms with Crippen LogP contribution in [0.15, 0.2) is 65.6 Å². The molecular formula is C28H30N4O12S. The molecule has 2 N–H and O–H groups in total. The molecule has 3 aromatic carbocycles. The third-order valence-electron chi connectivity index (χ3n) is 6.45. The molecule has 1 heterocycles. The minimum absolute atomic E-state index is 0.0494. The predicted molar refractivity (Wildman–Crippen MR) is 156 cm³/mol. The molecule has 1 amide bonds. The zero-order chi connectivity index (χ0) is 32.9. The lowest BCUT2D eigenvalue weighted by molar-refractivity contribution is -0.394. The van der Waals surface area contributed by atoms with Gasteiger partial charge in [0.1, 0.15) is 5.75 Å². The summed E-state index contributed by atoms with van der Waals surface area (Å²) in [5.74, 6) is 0.389. The summed E-state index contributed by atoms with van der Waals surface area (Å²) >= 11 is 0. The quantitative estimate of drug-likeness (QED) is 0.197. The standard InChI is InChI=1S/C28H30N4O12S/c1-17(2)15-30(45(39,40)22-9-11-26-27(14-22)42-16-41-26)44-28(34)29-23(18(3)33)12-19-4-7-21(8-5-19)43-25-10-6-20(31(35)36)13-24(25)32(37)38/h4-11,13-14,17-18,23,33H,12,15-16H2,1-3H3,(H,29,34). The van der Waals surface area contributed by atoms with Crippen LogP contribution in [0.2, 0.25) is 0 Å². The first-order valence-electron chi connectivity index (χ1n) is 13.5. The van der Waals surface area contributed by atoms with E-state index in [9.17, 15) is 38.5 Å². The van der Waals surface area contributed by atoms with Crippen LogP contribution in [0.1, 0.15) is 26.3 Å². The SMILES string of the molecule is CC(C)CN(OC(=O)NC(Cc1ccc(Oc2ccc([N+](=O)[O-])cc2[N+](=O)[O-])cc1)C(C)O)S(=O)(=O)c1ccc2c(c1)OCO2. The number of non-ortho nitro benzene ring substituents is 1. The Balaban J connectivity index is 1.44. The fourth-order valence-electron chi connectivity index (χ4n) is 4.17. The molecule has 3 aromatic rings. The number of benzene rings is 3. The summed E-state index contributed by atoms with van der Waals surface area (Å²) in [7, 11) is -4.31. The van der Waals surface area contributed by atoms with Gasteiger partial charge in [-0.1, -0.05) is 26.0 Å². The summed E-state index contributed by atoms with van der Waals surface area (Å²) in [5, 5.41) is 35.2. The van der Waals surface area contributed by atoms with Gasteiger partial charge in [-0.2, -0.15) is 0 Å². The number of carbonyl (C=O) groups excluding carboxylic acids is 1. The van der Waals surface area contributed by atoms with Gasteiger partial charge in [-0.15, -0.1) is 0 Å². The van der Waals surface area contributed by atoms with E-state index in [0.29, 0.717) is 15.8 Å².